The second kappa shape index (κ2) is 11.2. The van der Waals surface area contributed by atoms with Crippen molar-refractivity contribution in [2.45, 2.75) is 91.4 Å². The van der Waals surface area contributed by atoms with Crippen molar-refractivity contribution < 1.29 is 9.52 Å². The van der Waals surface area contributed by atoms with Crippen molar-refractivity contribution in [2.75, 3.05) is 19.6 Å². The molecule has 1 saturated heterocycles. The summed E-state index contributed by atoms with van der Waals surface area (Å²) in [5.74, 6) is 2.30. The van der Waals surface area contributed by atoms with Crippen molar-refractivity contribution in [3.8, 4) is 0 Å². The Morgan fingerprint density at radius 2 is 2.03 bits per heavy atom. The van der Waals surface area contributed by atoms with Crippen LogP contribution in [0.1, 0.15) is 66.2 Å². The highest BCUT2D eigenvalue weighted by atomic mass is 16.3. The van der Waals surface area contributed by atoms with Gasteiger partial charge in [0.15, 0.2) is 0 Å². The molecule has 7 unspecified atom stereocenters. The van der Waals surface area contributed by atoms with Gasteiger partial charge in [0, 0.05) is 25.3 Å². The van der Waals surface area contributed by atoms with Gasteiger partial charge in [-0.3, -0.25) is 20.5 Å². The fraction of sp³-hybridized carbons (Fsp3) is 0.846. The molecule has 1 aromatic rings. The molecule has 0 spiro atoms. The number of hydrogen-bond acceptors (Lipinski definition) is 8. The van der Waals surface area contributed by atoms with Crippen molar-refractivity contribution in [1.29, 1.82) is 0 Å². The normalized spacial score (nSPS) is 33.3. The SMILES string of the molecule is CC(C)CN(C(O)C1C=NC(C(C)(C)C)NC1NCc1ncco1)C1CNCC2CCCCC21. The summed E-state index contributed by atoms with van der Waals surface area (Å²) in [6, 6.07) is 0.345. The molecular weight excluding hydrogens is 428 g/mol. The zero-order chi connectivity index (χ0) is 24.3. The topological polar surface area (TPSA) is 98.0 Å². The smallest absolute Gasteiger partial charge is 0.207 e. The van der Waals surface area contributed by atoms with Crippen molar-refractivity contribution in [1.82, 2.24) is 25.8 Å². The van der Waals surface area contributed by atoms with Gasteiger partial charge in [0.1, 0.15) is 18.7 Å². The molecule has 1 aliphatic carbocycles. The van der Waals surface area contributed by atoms with Crippen molar-refractivity contribution in [3.05, 3.63) is 18.4 Å². The molecule has 0 bridgehead atoms. The Balaban J connectivity index is 1.57. The number of oxazole rings is 1. The molecule has 2 fully saturated rings. The fourth-order valence-electron chi connectivity index (χ4n) is 6.06. The molecular formula is C26H46N6O2. The molecule has 1 saturated carbocycles. The molecule has 4 rings (SSSR count). The maximum Gasteiger partial charge on any atom is 0.207 e. The molecule has 0 amide bonds. The van der Waals surface area contributed by atoms with E-state index in [9.17, 15) is 5.11 Å². The third-order valence-electron chi connectivity index (χ3n) is 7.81. The number of aromatic nitrogens is 1. The summed E-state index contributed by atoms with van der Waals surface area (Å²) in [5, 5.41) is 22.9. The van der Waals surface area contributed by atoms with Gasteiger partial charge in [-0.05, 0) is 42.6 Å². The van der Waals surface area contributed by atoms with Gasteiger partial charge in [0.05, 0.1) is 24.8 Å². The van der Waals surface area contributed by atoms with Crippen LogP contribution in [0.4, 0.5) is 0 Å². The lowest BCUT2D eigenvalue weighted by atomic mass is 9.72. The van der Waals surface area contributed by atoms with Crippen LogP contribution in [0.2, 0.25) is 0 Å². The Morgan fingerprint density at radius 1 is 1.24 bits per heavy atom. The van der Waals surface area contributed by atoms with Crippen LogP contribution in [-0.4, -0.2) is 65.4 Å². The highest BCUT2D eigenvalue weighted by molar-refractivity contribution is 5.64. The lowest BCUT2D eigenvalue weighted by molar-refractivity contribution is -0.0933. The molecule has 34 heavy (non-hydrogen) atoms. The van der Waals surface area contributed by atoms with E-state index in [1.54, 1.807) is 12.5 Å². The number of fused-ring (bicyclic) bond motifs is 1. The van der Waals surface area contributed by atoms with Gasteiger partial charge in [-0.2, -0.15) is 0 Å². The summed E-state index contributed by atoms with van der Waals surface area (Å²) >= 11 is 0. The van der Waals surface area contributed by atoms with Crippen LogP contribution in [0.15, 0.2) is 21.9 Å². The zero-order valence-corrected chi connectivity index (χ0v) is 21.7. The van der Waals surface area contributed by atoms with Gasteiger partial charge >= 0.3 is 0 Å². The maximum atomic E-state index is 11.9. The van der Waals surface area contributed by atoms with E-state index in [2.05, 4.69) is 60.5 Å². The Morgan fingerprint density at radius 3 is 2.74 bits per heavy atom. The number of rotatable bonds is 8. The van der Waals surface area contributed by atoms with E-state index in [1.165, 1.54) is 25.7 Å². The van der Waals surface area contributed by atoms with E-state index in [-0.39, 0.29) is 23.7 Å². The van der Waals surface area contributed by atoms with Crippen molar-refractivity contribution in [2.24, 2.45) is 34.1 Å². The molecule has 8 heteroatoms. The predicted octanol–water partition coefficient (Wildman–Crippen LogP) is 2.81. The third kappa shape index (κ3) is 6.08. The van der Waals surface area contributed by atoms with Crippen LogP contribution in [0.5, 0.6) is 0 Å². The first kappa shape index (κ1) is 25.8. The van der Waals surface area contributed by atoms with E-state index < -0.39 is 6.23 Å². The minimum absolute atomic E-state index is 0.0318. The minimum atomic E-state index is -0.630. The van der Waals surface area contributed by atoms with Gasteiger partial charge in [-0.1, -0.05) is 47.5 Å². The number of hydrogen-bond donors (Lipinski definition) is 4. The molecule has 0 radical (unpaired) electrons. The van der Waals surface area contributed by atoms with Crippen LogP contribution in [-0.2, 0) is 6.54 Å². The van der Waals surface area contributed by atoms with E-state index in [0.29, 0.717) is 30.3 Å². The standard InChI is InChI=1S/C26H46N6O2/c1-17(2)16-32(21-14-27-12-18-8-6-7-9-19(18)21)24(33)20-13-30-25(26(3,4)5)31-23(20)29-15-22-28-10-11-34-22/h10-11,13,17-21,23-25,27,29,31,33H,6-9,12,14-16H2,1-5H3. The Labute approximate surface area is 205 Å². The van der Waals surface area contributed by atoms with E-state index in [1.807, 2.05) is 6.21 Å². The van der Waals surface area contributed by atoms with Crippen LogP contribution in [0, 0.1) is 29.1 Å². The van der Waals surface area contributed by atoms with Crippen LogP contribution in [0.25, 0.3) is 0 Å². The predicted molar refractivity (Wildman–Crippen MR) is 135 cm³/mol. The molecule has 0 aromatic carbocycles. The molecule has 3 heterocycles. The number of aliphatic hydroxyl groups is 1. The molecule has 2 aliphatic heterocycles. The molecule has 192 valence electrons. The fourth-order valence-corrected chi connectivity index (χ4v) is 6.06. The summed E-state index contributed by atoms with van der Waals surface area (Å²) < 4.78 is 5.45. The third-order valence-corrected chi connectivity index (χ3v) is 7.81. The van der Waals surface area contributed by atoms with Gasteiger partial charge in [0.25, 0.3) is 0 Å². The van der Waals surface area contributed by atoms with E-state index in [0.717, 1.165) is 25.6 Å². The monoisotopic (exact) mass is 474 g/mol. The largest absolute Gasteiger partial charge is 0.448 e. The summed E-state index contributed by atoms with van der Waals surface area (Å²) in [4.78, 5) is 11.5. The number of nitrogens with zero attached hydrogens (tertiary/aromatic N) is 3. The number of nitrogens with one attached hydrogen (secondary N) is 3. The van der Waals surface area contributed by atoms with Crippen molar-refractivity contribution >= 4 is 6.21 Å². The Hall–Kier alpha value is -1.32. The quantitative estimate of drug-likeness (QED) is 0.430. The van der Waals surface area contributed by atoms with Gasteiger partial charge in [-0.25, -0.2) is 4.98 Å². The lowest BCUT2D eigenvalue weighted by Gasteiger charge is -2.50. The van der Waals surface area contributed by atoms with Gasteiger partial charge in [-0.15, -0.1) is 0 Å². The number of piperidine rings is 1. The summed E-state index contributed by atoms with van der Waals surface area (Å²) in [7, 11) is 0. The molecule has 4 N–H and O–H groups in total. The summed E-state index contributed by atoms with van der Waals surface area (Å²) in [5.41, 5.74) is -0.0322. The second-order valence-electron chi connectivity index (χ2n) is 12.0. The number of aliphatic imine (C=N–C) groups is 1. The summed E-state index contributed by atoms with van der Waals surface area (Å²) in [6.45, 7) is 14.5. The average Bonchev–Trinajstić information content (AvgIpc) is 3.33. The Kier molecular flexibility index (Phi) is 8.46. The van der Waals surface area contributed by atoms with E-state index >= 15 is 0 Å². The average molecular weight is 475 g/mol. The molecule has 7 atom stereocenters. The van der Waals surface area contributed by atoms with Crippen molar-refractivity contribution in [3.63, 3.8) is 0 Å². The van der Waals surface area contributed by atoms with E-state index in [4.69, 9.17) is 9.41 Å². The Bertz CT molecular complexity index is 775. The first-order chi connectivity index (χ1) is 16.2. The zero-order valence-electron chi connectivity index (χ0n) is 21.7. The lowest BCUT2D eigenvalue weighted by Crippen LogP contribution is -2.65. The first-order valence-corrected chi connectivity index (χ1v) is 13.3. The molecule has 3 aliphatic rings. The van der Waals surface area contributed by atoms with Gasteiger partial charge in [0.2, 0.25) is 5.89 Å². The first-order valence-electron chi connectivity index (χ1n) is 13.3. The molecule has 8 nitrogen and oxygen atoms in total. The van der Waals surface area contributed by atoms with Crippen LogP contribution >= 0.6 is 0 Å². The van der Waals surface area contributed by atoms with Crippen LogP contribution in [0.3, 0.4) is 0 Å². The minimum Gasteiger partial charge on any atom is -0.448 e. The van der Waals surface area contributed by atoms with Crippen LogP contribution < -0.4 is 16.0 Å². The summed E-state index contributed by atoms with van der Waals surface area (Å²) in [6.07, 6.45) is 9.67. The highest BCUT2D eigenvalue weighted by Gasteiger charge is 2.44. The second-order valence-corrected chi connectivity index (χ2v) is 12.0. The maximum absolute atomic E-state index is 11.9. The molecule has 1 aromatic heterocycles. The highest BCUT2D eigenvalue weighted by Crippen LogP contribution is 2.37. The van der Waals surface area contributed by atoms with Gasteiger partial charge < -0.3 is 14.8 Å². The number of aliphatic hydroxyl groups excluding tert-OH is 1.